The highest BCUT2D eigenvalue weighted by Crippen LogP contribution is 2.23. The van der Waals surface area contributed by atoms with Crippen molar-refractivity contribution in [3.63, 3.8) is 0 Å². The van der Waals surface area contributed by atoms with Gasteiger partial charge in [-0.15, -0.1) is 0 Å². The van der Waals surface area contributed by atoms with E-state index in [9.17, 15) is 4.79 Å². The molecule has 1 atom stereocenters. The van der Waals surface area contributed by atoms with E-state index in [2.05, 4.69) is 15.3 Å². The number of fused-ring (bicyclic) bond motifs is 1. The number of rotatable bonds is 4. The molecule has 1 heterocycles. The summed E-state index contributed by atoms with van der Waals surface area (Å²) in [6.45, 7) is 0.495. The van der Waals surface area contributed by atoms with Gasteiger partial charge in [0.2, 0.25) is 5.91 Å². The molecule has 0 radical (unpaired) electrons. The van der Waals surface area contributed by atoms with Crippen molar-refractivity contribution in [2.45, 2.75) is 25.8 Å². The van der Waals surface area contributed by atoms with Gasteiger partial charge in [0.25, 0.3) is 0 Å². The average molecular weight is 285 g/mol. The Morgan fingerprint density at radius 2 is 2.33 bits per heavy atom. The van der Waals surface area contributed by atoms with E-state index in [-0.39, 0.29) is 11.8 Å². The number of benzene rings is 1. The topological polar surface area (TPSA) is 67.0 Å². The molecule has 2 aromatic rings. The Kier molecular flexibility index (Phi) is 3.90. The third kappa shape index (κ3) is 2.91. The second-order valence-electron chi connectivity index (χ2n) is 5.30. The Morgan fingerprint density at radius 3 is 3.19 bits per heavy atom. The highest BCUT2D eigenvalue weighted by atomic mass is 16.5. The molecule has 3 rings (SSSR count). The minimum absolute atomic E-state index is 0.0210. The lowest BCUT2D eigenvalue weighted by Gasteiger charge is -2.21. The van der Waals surface area contributed by atoms with Crippen LogP contribution in [0.2, 0.25) is 0 Å². The Labute approximate surface area is 123 Å². The van der Waals surface area contributed by atoms with Gasteiger partial charge in [-0.05, 0) is 18.9 Å². The maximum atomic E-state index is 12.3. The fourth-order valence-electron chi connectivity index (χ4n) is 2.80. The number of para-hydroxylation sites is 1. The first kappa shape index (κ1) is 13.7. The minimum Gasteiger partial charge on any atom is -0.496 e. The van der Waals surface area contributed by atoms with Gasteiger partial charge in [-0.25, -0.2) is 4.98 Å². The SMILES string of the molecule is COc1ccccc1CNC(=O)[C@H]1CCc2nc[nH]c2C1. The standard InChI is InChI=1S/C16H19N3O2/c1-21-15-5-3-2-4-12(15)9-17-16(20)11-6-7-13-14(8-11)19-10-18-13/h2-5,10-11H,6-9H2,1H3,(H,17,20)(H,18,19)/t11-/m0/s1. The molecule has 1 aromatic carbocycles. The second kappa shape index (κ2) is 5.99. The maximum Gasteiger partial charge on any atom is 0.223 e. The number of ether oxygens (including phenoxy) is 1. The predicted molar refractivity (Wildman–Crippen MR) is 78.9 cm³/mol. The molecule has 0 saturated carbocycles. The van der Waals surface area contributed by atoms with Crippen molar-refractivity contribution in [1.29, 1.82) is 0 Å². The first-order chi connectivity index (χ1) is 10.3. The molecule has 1 amide bonds. The molecule has 0 unspecified atom stereocenters. The molecular formula is C16H19N3O2. The Hall–Kier alpha value is -2.30. The van der Waals surface area contributed by atoms with E-state index in [1.165, 1.54) is 0 Å². The van der Waals surface area contributed by atoms with Crippen LogP contribution in [0.15, 0.2) is 30.6 Å². The van der Waals surface area contributed by atoms with Gasteiger partial charge < -0.3 is 15.0 Å². The van der Waals surface area contributed by atoms with E-state index in [0.29, 0.717) is 6.54 Å². The first-order valence-electron chi connectivity index (χ1n) is 7.18. The fourth-order valence-corrected chi connectivity index (χ4v) is 2.80. The molecule has 0 spiro atoms. The van der Waals surface area contributed by atoms with Crippen LogP contribution in [-0.2, 0) is 24.2 Å². The summed E-state index contributed by atoms with van der Waals surface area (Å²) >= 11 is 0. The summed E-state index contributed by atoms with van der Waals surface area (Å²) in [5.74, 6) is 0.922. The molecule has 5 nitrogen and oxygen atoms in total. The third-order valence-electron chi connectivity index (χ3n) is 4.00. The lowest BCUT2D eigenvalue weighted by atomic mass is 9.89. The van der Waals surface area contributed by atoms with E-state index in [1.807, 2.05) is 24.3 Å². The number of carbonyl (C=O) groups is 1. The summed E-state index contributed by atoms with van der Waals surface area (Å²) in [6, 6.07) is 7.73. The second-order valence-corrected chi connectivity index (χ2v) is 5.30. The summed E-state index contributed by atoms with van der Waals surface area (Å²) in [5.41, 5.74) is 3.19. The monoisotopic (exact) mass is 285 g/mol. The number of aryl methyl sites for hydroxylation is 1. The molecule has 1 aliphatic rings. The van der Waals surface area contributed by atoms with Crippen molar-refractivity contribution in [3.8, 4) is 5.75 Å². The van der Waals surface area contributed by atoms with Gasteiger partial charge in [-0.1, -0.05) is 18.2 Å². The summed E-state index contributed by atoms with van der Waals surface area (Å²) in [7, 11) is 1.64. The minimum atomic E-state index is 0.0210. The van der Waals surface area contributed by atoms with Crippen LogP contribution in [0, 0.1) is 5.92 Å². The smallest absolute Gasteiger partial charge is 0.223 e. The zero-order valence-corrected chi connectivity index (χ0v) is 12.1. The largest absolute Gasteiger partial charge is 0.496 e. The molecule has 1 aliphatic carbocycles. The van der Waals surface area contributed by atoms with Gasteiger partial charge in [-0.2, -0.15) is 0 Å². The number of H-pyrrole nitrogens is 1. The third-order valence-corrected chi connectivity index (χ3v) is 4.00. The van der Waals surface area contributed by atoms with E-state index in [0.717, 1.165) is 42.0 Å². The van der Waals surface area contributed by atoms with Gasteiger partial charge in [0, 0.05) is 30.1 Å². The highest BCUT2D eigenvalue weighted by molar-refractivity contribution is 5.79. The molecule has 0 fully saturated rings. The number of aromatic nitrogens is 2. The fraction of sp³-hybridized carbons (Fsp3) is 0.375. The lowest BCUT2D eigenvalue weighted by Crippen LogP contribution is -2.33. The summed E-state index contributed by atoms with van der Waals surface area (Å²) < 4.78 is 5.29. The number of methoxy groups -OCH3 is 1. The van der Waals surface area contributed by atoms with Crippen molar-refractivity contribution in [1.82, 2.24) is 15.3 Å². The Morgan fingerprint density at radius 1 is 1.48 bits per heavy atom. The summed E-state index contributed by atoms with van der Waals surface area (Å²) in [4.78, 5) is 19.7. The molecule has 0 saturated heterocycles. The maximum absolute atomic E-state index is 12.3. The quantitative estimate of drug-likeness (QED) is 0.900. The van der Waals surface area contributed by atoms with Crippen LogP contribution in [0.1, 0.15) is 23.4 Å². The molecule has 110 valence electrons. The number of nitrogens with zero attached hydrogens (tertiary/aromatic N) is 1. The number of hydrogen-bond acceptors (Lipinski definition) is 3. The van der Waals surface area contributed by atoms with Crippen LogP contribution in [0.5, 0.6) is 5.75 Å². The van der Waals surface area contributed by atoms with Gasteiger partial charge in [0.05, 0.1) is 19.1 Å². The van der Waals surface area contributed by atoms with Crippen LogP contribution in [0.25, 0.3) is 0 Å². The predicted octanol–water partition coefficient (Wildman–Crippen LogP) is 1.84. The molecule has 0 bridgehead atoms. The van der Waals surface area contributed by atoms with Crippen molar-refractivity contribution in [2.24, 2.45) is 5.92 Å². The van der Waals surface area contributed by atoms with Crippen molar-refractivity contribution >= 4 is 5.91 Å². The zero-order chi connectivity index (χ0) is 14.7. The molecular weight excluding hydrogens is 266 g/mol. The molecule has 1 aromatic heterocycles. The van der Waals surface area contributed by atoms with Crippen LogP contribution in [-0.4, -0.2) is 23.0 Å². The van der Waals surface area contributed by atoms with Crippen LogP contribution < -0.4 is 10.1 Å². The number of aromatic amines is 1. The van der Waals surface area contributed by atoms with Crippen LogP contribution in [0.4, 0.5) is 0 Å². The number of amides is 1. The molecule has 2 N–H and O–H groups in total. The highest BCUT2D eigenvalue weighted by Gasteiger charge is 2.26. The normalized spacial score (nSPS) is 17.1. The average Bonchev–Trinajstić information content (AvgIpc) is 3.00. The van der Waals surface area contributed by atoms with E-state index in [1.54, 1.807) is 13.4 Å². The van der Waals surface area contributed by atoms with Crippen LogP contribution in [0.3, 0.4) is 0 Å². The van der Waals surface area contributed by atoms with Gasteiger partial charge in [0.1, 0.15) is 5.75 Å². The molecule has 5 heteroatoms. The van der Waals surface area contributed by atoms with Gasteiger partial charge >= 0.3 is 0 Å². The summed E-state index contributed by atoms with van der Waals surface area (Å²) in [5, 5.41) is 3.01. The first-order valence-corrected chi connectivity index (χ1v) is 7.18. The van der Waals surface area contributed by atoms with Gasteiger partial charge in [0.15, 0.2) is 0 Å². The zero-order valence-electron chi connectivity index (χ0n) is 12.1. The lowest BCUT2D eigenvalue weighted by molar-refractivity contribution is -0.125. The van der Waals surface area contributed by atoms with Gasteiger partial charge in [-0.3, -0.25) is 4.79 Å². The van der Waals surface area contributed by atoms with E-state index in [4.69, 9.17) is 4.74 Å². The number of nitrogens with one attached hydrogen (secondary N) is 2. The van der Waals surface area contributed by atoms with Crippen LogP contribution >= 0.6 is 0 Å². The molecule has 21 heavy (non-hydrogen) atoms. The number of carbonyl (C=O) groups excluding carboxylic acids is 1. The van der Waals surface area contributed by atoms with E-state index >= 15 is 0 Å². The molecule has 0 aliphatic heterocycles. The number of imidazole rings is 1. The van der Waals surface area contributed by atoms with Crippen molar-refractivity contribution in [3.05, 3.63) is 47.5 Å². The Bertz CT molecular complexity index is 636. The summed E-state index contributed by atoms with van der Waals surface area (Å²) in [6.07, 6.45) is 4.17. The van der Waals surface area contributed by atoms with Crippen molar-refractivity contribution in [2.75, 3.05) is 7.11 Å². The Balaban J connectivity index is 1.60. The van der Waals surface area contributed by atoms with Crippen molar-refractivity contribution < 1.29 is 9.53 Å². The van der Waals surface area contributed by atoms with E-state index < -0.39 is 0 Å². The number of hydrogen-bond donors (Lipinski definition) is 2.